The molecule has 32 N–H and O–H groups in total. The monoisotopic (exact) mass is 1660 g/mol. The maximum atomic E-state index is 12.0. The molecule has 10 aromatic carbocycles. The standard InChI is InChI=1S/C13H10O4.C9H6O4.C8H11NO3.C8H8O4.2C7H6O5.2C7H6O4.C6H4N2O7.ClH.H2O/c14-10-7-6-9(12(16)13(10)17)11(15)8-4-2-1-3-5-8;10-6-3-1-5-2-4-7(11)13-9(5)8(6)12;9-2-1-5-3-6(10)8(12)7(11)4-5;1-4(9)5-2-3-6(10)8(12)7(5)11;8-4-1-3(7(11)12)2-5(9)6(4)10;8-4-2-1-3(7(11)12)5(9)6(4)10;8-3-4-1-5(9)7(11)6(10)2-4;8-3-4-1-2-5(9)7(11)6(4)10;9-4-2(7(12)13)1-3(8(14)15)5(10)6(4)11;;/h1-7,14,16-17H;1-4,10,12H;3-4,10-12H,1-2,9H2;2-3,10-12H,1H3;2*1-2,8-10H,(H,11,12);2*1-3,9-11H;1,9-11H;1H;1H2. The van der Waals surface area contributed by atoms with Crippen molar-refractivity contribution in [3.63, 3.8) is 0 Å². The number of hydrogen-bond donors (Lipinski definition) is 29. The number of halogens is 1. The first-order valence-electron chi connectivity index (χ1n) is 30.6. The van der Waals surface area contributed by atoms with Gasteiger partial charge in [-0.1, -0.05) is 30.3 Å². The molecule has 0 amide bonds. The number of nitrogens with two attached hydrogens (primary N) is 1. The number of ketones is 2. The number of nitro groups is 2. The van der Waals surface area contributed by atoms with Gasteiger partial charge < -0.3 is 159 Å². The minimum atomic E-state index is -1.37. The first-order chi connectivity index (χ1) is 53.7. The van der Waals surface area contributed by atoms with Gasteiger partial charge in [0.2, 0.25) is 46.0 Å². The van der Waals surface area contributed by atoms with Gasteiger partial charge >= 0.3 is 28.9 Å². The van der Waals surface area contributed by atoms with Gasteiger partial charge in [0.05, 0.1) is 32.1 Å². The molecule has 622 valence electrons. The van der Waals surface area contributed by atoms with Crippen molar-refractivity contribution >= 4 is 70.8 Å². The Morgan fingerprint density at radius 2 is 0.752 bits per heavy atom. The Labute approximate surface area is 655 Å². The van der Waals surface area contributed by atoms with Gasteiger partial charge in [0.25, 0.3) is 0 Å². The van der Waals surface area contributed by atoms with Gasteiger partial charge in [-0.25, -0.2) is 14.4 Å². The van der Waals surface area contributed by atoms with Crippen molar-refractivity contribution in [1.82, 2.24) is 0 Å². The molecule has 45 heteroatoms. The third-order valence-corrected chi connectivity index (χ3v) is 14.0. The molecule has 0 atom stereocenters. The van der Waals surface area contributed by atoms with Crippen LogP contribution in [-0.2, 0) is 6.42 Å². The summed E-state index contributed by atoms with van der Waals surface area (Å²) in [7, 11) is 0. The van der Waals surface area contributed by atoms with Gasteiger partial charge in [-0.3, -0.25) is 39.4 Å². The second-order valence-corrected chi connectivity index (χ2v) is 21.8. The normalized spacial score (nSPS) is 9.69. The van der Waals surface area contributed by atoms with E-state index in [1.54, 1.807) is 36.4 Å². The topological polar surface area (TPSA) is 843 Å². The molecule has 0 unspecified atom stereocenters. The second kappa shape index (κ2) is 43.9. The molecular weight excluding hydrogens is 1600 g/mol. The Kier molecular flexibility index (Phi) is 36.7. The van der Waals surface area contributed by atoms with Crippen LogP contribution in [0.5, 0.6) is 149 Å². The van der Waals surface area contributed by atoms with E-state index in [0.717, 1.165) is 54.6 Å². The summed E-state index contributed by atoms with van der Waals surface area (Å²) in [6.07, 6.45) is 1.40. The van der Waals surface area contributed by atoms with Crippen LogP contribution in [0.1, 0.15) is 80.2 Å². The molecule has 44 nitrogen and oxygen atoms in total. The van der Waals surface area contributed by atoms with Gasteiger partial charge in [0.15, 0.2) is 127 Å². The predicted molar refractivity (Wildman–Crippen MR) is 399 cm³/mol. The maximum Gasteiger partial charge on any atom is 0.339 e. The molecule has 0 fully saturated rings. The molecule has 0 saturated carbocycles. The number of phenols is 26. The van der Waals surface area contributed by atoms with E-state index in [1.165, 1.54) is 55.5 Å². The second-order valence-electron chi connectivity index (χ2n) is 21.8. The number of aromatic hydroxyl groups is 26. The van der Waals surface area contributed by atoms with Crippen molar-refractivity contribution in [3.8, 4) is 149 Å². The van der Waals surface area contributed by atoms with E-state index in [2.05, 4.69) is 0 Å². The molecule has 1 aromatic heterocycles. The van der Waals surface area contributed by atoms with Crippen LogP contribution < -0.4 is 11.4 Å². The number of fused-ring (bicyclic) bond motifs is 1. The Morgan fingerprint density at radius 1 is 0.385 bits per heavy atom. The molecule has 11 aromatic rings. The molecule has 0 radical (unpaired) electrons. The smallest absolute Gasteiger partial charge is 0.339 e. The van der Waals surface area contributed by atoms with Crippen LogP contribution in [0, 0.1) is 20.2 Å². The zero-order valence-electron chi connectivity index (χ0n) is 58.7. The lowest BCUT2D eigenvalue weighted by Crippen LogP contribution is -2.02. The number of nitrogens with zero attached hydrogens (tertiary/aromatic N) is 2. The largest absolute Gasteiger partial charge is 0.504 e. The summed E-state index contributed by atoms with van der Waals surface area (Å²) in [6, 6.07) is 30.0. The van der Waals surface area contributed by atoms with Crippen LogP contribution in [0.3, 0.4) is 0 Å². The highest BCUT2D eigenvalue weighted by Crippen LogP contribution is 2.48. The fraction of sp³-hybridized carbons (Fsp3) is 0.0417. The van der Waals surface area contributed by atoms with E-state index >= 15 is 0 Å². The van der Waals surface area contributed by atoms with Gasteiger partial charge in [0, 0.05) is 22.6 Å². The number of carboxylic acid groups (broad SMARTS) is 2. The van der Waals surface area contributed by atoms with Crippen molar-refractivity contribution in [2.45, 2.75) is 13.3 Å². The molecule has 117 heavy (non-hydrogen) atoms. The van der Waals surface area contributed by atoms with Crippen LogP contribution in [0.4, 0.5) is 11.4 Å². The lowest BCUT2D eigenvalue weighted by atomic mass is 10.0. The molecule has 0 spiro atoms. The highest BCUT2D eigenvalue weighted by atomic mass is 35.5. The number of carbonyl (C=O) groups is 6. The highest BCUT2D eigenvalue weighted by molar-refractivity contribution is 6.11. The molecule has 1 heterocycles. The summed E-state index contributed by atoms with van der Waals surface area (Å²) < 4.78 is 4.71. The van der Waals surface area contributed by atoms with Gasteiger partial charge in [0.1, 0.15) is 17.9 Å². The van der Waals surface area contributed by atoms with Crippen LogP contribution in [-0.4, -0.2) is 201 Å². The molecule has 0 saturated heterocycles. The number of carboxylic acids is 2. The Bertz CT molecular complexity index is 5350. The number of Topliss-reactive ketones (excluding diaryl/α,β-unsaturated/α-hetero) is 1. The van der Waals surface area contributed by atoms with Crippen molar-refractivity contribution in [2.75, 3.05) is 6.54 Å². The van der Waals surface area contributed by atoms with Crippen molar-refractivity contribution in [3.05, 3.63) is 221 Å². The lowest BCUT2D eigenvalue weighted by molar-refractivity contribution is -0.395. The maximum absolute atomic E-state index is 12.0. The summed E-state index contributed by atoms with van der Waals surface area (Å²) in [5.74, 6) is -20.1. The molecule has 0 aliphatic carbocycles. The number of rotatable bonds is 11. The van der Waals surface area contributed by atoms with Crippen LogP contribution in [0.15, 0.2) is 155 Å². The van der Waals surface area contributed by atoms with E-state index < -0.39 is 182 Å². The lowest BCUT2D eigenvalue weighted by Gasteiger charge is -2.06. The van der Waals surface area contributed by atoms with Crippen molar-refractivity contribution in [1.29, 1.82) is 0 Å². The summed E-state index contributed by atoms with van der Waals surface area (Å²) in [6.45, 7) is 1.69. The Balaban J connectivity index is 0.000000659. The first kappa shape index (κ1) is 97.9. The van der Waals surface area contributed by atoms with Crippen molar-refractivity contribution < 1.29 is 191 Å². The Hall–Kier alpha value is -17.2. The highest BCUT2D eigenvalue weighted by Gasteiger charge is 2.30. The van der Waals surface area contributed by atoms with E-state index in [9.17, 15) is 69.1 Å². The number of nitro benzene ring substituents is 2. The van der Waals surface area contributed by atoms with E-state index in [-0.39, 0.29) is 74.3 Å². The van der Waals surface area contributed by atoms with Crippen LogP contribution in [0.25, 0.3) is 11.0 Å². The number of hydrogen-bond acceptors (Lipinski definition) is 39. The minimum absolute atomic E-state index is 0. The molecular formula is C72H66ClN3O41. The quantitative estimate of drug-likeness (QED) is 0.0155. The number of carbonyl (C=O) groups excluding carboxylic acids is 4. The minimum Gasteiger partial charge on any atom is -0.504 e. The molecule has 0 bridgehead atoms. The Morgan fingerprint density at radius 3 is 1.15 bits per heavy atom. The molecule has 0 aliphatic rings. The average Bonchev–Trinajstić information content (AvgIpc) is 0.795. The predicted octanol–water partition coefficient (Wildman–Crippen LogP) is 7.00. The number of phenolic OH excluding ortho intramolecular Hbond substituents is 25. The van der Waals surface area contributed by atoms with E-state index in [4.69, 9.17) is 138 Å². The van der Waals surface area contributed by atoms with Crippen molar-refractivity contribution in [2.24, 2.45) is 5.73 Å². The zero-order chi connectivity index (χ0) is 87.5. The third kappa shape index (κ3) is 26.3. The molecule has 0 aliphatic heterocycles. The van der Waals surface area contributed by atoms with E-state index in [1.807, 2.05) is 0 Å². The van der Waals surface area contributed by atoms with Gasteiger partial charge in [-0.15, -0.1) is 12.4 Å². The summed E-state index contributed by atoms with van der Waals surface area (Å²) in [5, 5.41) is 272. The molecule has 11 rings (SSSR count). The summed E-state index contributed by atoms with van der Waals surface area (Å²) in [5.41, 5.74) is 2.95. The summed E-state index contributed by atoms with van der Waals surface area (Å²) in [4.78, 5) is 92.8. The van der Waals surface area contributed by atoms with Crippen LogP contribution >= 0.6 is 12.4 Å². The first-order valence-corrected chi connectivity index (χ1v) is 30.6. The van der Waals surface area contributed by atoms with Gasteiger partial charge in [-0.2, -0.15) is 0 Å². The summed E-state index contributed by atoms with van der Waals surface area (Å²) >= 11 is 0. The SMILES string of the molecule is CC(=O)c1ccc(O)c(O)c1O.Cl.NCCc1cc(O)c(O)c(O)c1.O.O=C(O)c1cc(O)c(O)c(O)c1.O=C(O)c1ccc(O)c(O)c1O.O=C(c1ccccc1)c1ccc(O)c(O)c1O.O=Cc1cc(O)c(O)c(O)c1.O=Cc1ccc(O)c(O)c1O.O=[N+]([O-])c1cc([N+](=O)[O-])c(O)c(O)c1O.O=c1ccc2ccc(O)c(O)c2o1. The number of aldehydes is 2. The fourth-order valence-electron chi connectivity index (χ4n) is 8.17. The van der Waals surface area contributed by atoms with Gasteiger partial charge in [-0.05, 0) is 129 Å². The fourth-order valence-corrected chi connectivity index (χ4v) is 8.17. The third-order valence-electron chi connectivity index (χ3n) is 14.0. The zero-order valence-corrected chi connectivity index (χ0v) is 59.5. The van der Waals surface area contributed by atoms with E-state index in [0.29, 0.717) is 48.1 Å². The number of benzene rings is 10. The van der Waals surface area contributed by atoms with Crippen LogP contribution in [0.2, 0.25) is 0 Å². The average molecular weight is 1660 g/mol. The number of aromatic carboxylic acids is 2.